The number of nitroso groups, excluding NO2 is 1. The maximum atomic E-state index is 10.9. The van der Waals surface area contributed by atoms with Gasteiger partial charge in [0.2, 0.25) is 5.69 Å². The van der Waals surface area contributed by atoms with Gasteiger partial charge in [-0.3, -0.25) is 9.78 Å². The van der Waals surface area contributed by atoms with E-state index in [9.17, 15) is 9.70 Å². The fourth-order valence-corrected chi connectivity index (χ4v) is 0.648. The summed E-state index contributed by atoms with van der Waals surface area (Å²) in [4.78, 5) is 26.6. The summed E-state index contributed by atoms with van der Waals surface area (Å²) in [6.45, 7) is 0. The maximum absolute atomic E-state index is 10.9. The number of nitrogen functional groups attached to an aromatic ring is 1. The summed E-state index contributed by atoms with van der Waals surface area (Å²) < 4.78 is 4.58. The van der Waals surface area contributed by atoms with E-state index < -0.39 is 11.2 Å². The van der Waals surface area contributed by atoms with Crippen molar-refractivity contribution >= 4 is 11.5 Å². The van der Waals surface area contributed by atoms with Gasteiger partial charge in [-0.25, -0.2) is 0 Å². The molecule has 1 heterocycles. The topological polar surface area (TPSA) is 110 Å². The van der Waals surface area contributed by atoms with Gasteiger partial charge in [0.15, 0.2) is 5.82 Å². The third kappa shape index (κ3) is 1.24. The lowest BCUT2D eigenvalue weighted by molar-refractivity contribution is 0.379. The number of anilines is 1. The lowest BCUT2D eigenvalue weighted by atomic mass is 10.5. The Morgan fingerprint density at radius 3 is 2.75 bits per heavy atom. The molecule has 0 bridgehead atoms. The Morgan fingerprint density at radius 1 is 1.67 bits per heavy atom. The van der Waals surface area contributed by atoms with E-state index in [0.29, 0.717) is 0 Å². The minimum absolute atomic E-state index is 0.0510. The van der Waals surface area contributed by atoms with Crippen molar-refractivity contribution in [3.05, 3.63) is 15.3 Å². The van der Waals surface area contributed by atoms with E-state index in [1.807, 2.05) is 0 Å². The van der Waals surface area contributed by atoms with Crippen molar-refractivity contribution in [1.29, 1.82) is 0 Å². The lowest BCUT2D eigenvalue weighted by Gasteiger charge is -1.98. The standard InChI is InChI=1S/C5H6N4O3/c1-12-5-7-3(6)2(9-11)4(10)8-5/h1H3,(H3,6,7,8,10). The third-order valence-corrected chi connectivity index (χ3v) is 1.18. The van der Waals surface area contributed by atoms with Gasteiger partial charge < -0.3 is 10.5 Å². The number of hydrogen-bond acceptors (Lipinski definition) is 6. The molecule has 1 rings (SSSR count). The number of ether oxygens (including phenoxy) is 1. The average Bonchev–Trinajstić information content (AvgIpc) is 2.03. The van der Waals surface area contributed by atoms with E-state index in [1.54, 1.807) is 0 Å². The fourth-order valence-electron chi connectivity index (χ4n) is 0.648. The van der Waals surface area contributed by atoms with Crippen LogP contribution in [0.1, 0.15) is 0 Å². The SMILES string of the molecule is COc1nc(N)c(N=O)c(=O)[nH]1. The van der Waals surface area contributed by atoms with Gasteiger partial charge in [-0.1, -0.05) is 0 Å². The number of nitrogens with one attached hydrogen (secondary N) is 1. The molecule has 0 aliphatic rings. The predicted molar refractivity (Wildman–Crippen MR) is 41.3 cm³/mol. The minimum atomic E-state index is -0.714. The first-order chi connectivity index (χ1) is 5.69. The quantitative estimate of drug-likeness (QED) is 0.595. The fraction of sp³-hybridized carbons (Fsp3) is 0.200. The van der Waals surface area contributed by atoms with Crippen molar-refractivity contribution in [2.45, 2.75) is 0 Å². The highest BCUT2D eigenvalue weighted by atomic mass is 16.5. The highest BCUT2D eigenvalue weighted by Crippen LogP contribution is 2.13. The summed E-state index contributed by atoms with van der Waals surface area (Å²) in [5, 5.41) is 2.41. The van der Waals surface area contributed by atoms with E-state index in [1.165, 1.54) is 7.11 Å². The molecule has 64 valence electrons. The Morgan fingerprint density at radius 2 is 2.33 bits per heavy atom. The largest absolute Gasteiger partial charge is 0.468 e. The number of nitrogens with zero attached hydrogens (tertiary/aromatic N) is 2. The first-order valence-electron chi connectivity index (χ1n) is 2.96. The van der Waals surface area contributed by atoms with Crippen LogP contribution >= 0.6 is 0 Å². The van der Waals surface area contributed by atoms with Gasteiger partial charge in [-0.2, -0.15) is 4.98 Å². The van der Waals surface area contributed by atoms with Gasteiger partial charge in [0.05, 0.1) is 7.11 Å². The van der Waals surface area contributed by atoms with Crippen LogP contribution in [0, 0.1) is 4.91 Å². The number of rotatable bonds is 2. The van der Waals surface area contributed by atoms with Crippen molar-refractivity contribution in [1.82, 2.24) is 9.97 Å². The van der Waals surface area contributed by atoms with Crippen LogP contribution in [0.5, 0.6) is 6.01 Å². The van der Waals surface area contributed by atoms with Gasteiger partial charge in [0.1, 0.15) is 0 Å². The zero-order chi connectivity index (χ0) is 9.14. The first kappa shape index (κ1) is 8.18. The number of aromatic nitrogens is 2. The second-order valence-electron chi connectivity index (χ2n) is 1.90. The molecule has 7 nitrogen and oxygen atoms in total. The second-order valence-corrected chi connectivity index (χ2v) is 1.90. The summed E-state index contributed by atoms with van der Waals surface area (Å²) in [5.74, 6) is -0.245. The first-order valence-corrected chi connectivity index (χ1v) is 2.96. The van der Waals surface area contributed by atoms with E-state index in [0.717, 1.165) is 0 Å². The van der Waals surface area contributed by atoms with Crippen LogP contribution in [0.3, 0.4) is 0 Å². The number of H-pyrrole nitrogens is 1. The van der Waals surface area contributed by atoms with Gasteiger partial charge in [0, 0.05) is 0 Å². The van der Waals surface area contributed by atoms with E-state index in [4.69, 9.17) is 5.73 Å². The monoisotopic (exact) mass is 170 g/mol. The molecule has 0 aromatic carbocycles. The van der Waals surface area contributed by atoms with E-state index in [2.05, 4.69) is 19.9 Å². The maximum Gasteiger partial charge on any atom is 0.298 e. The molecule has 3 N–H and O–H groups in total. The van der Waals surface area contributed by atoms with Crippen molar-refractivity contribution in [3.63, 3.8) is 0 Å². The molecule has 0 fully saturated rings. The van der Waals surface area contributed by atoms with E-state index >= 15 is 0 Å². The van der Waals surface area contributed by atoms with Crippen molar-refractivity contribution in [2.75, 3.05) is 12.8 Å². The summed E-state index contributed by atoms with van der Waals surface area (Å²) in [5.41, 5.74) is 4.06. The highest BCUT2D eigenvalue weighted by molar-refractivity contribution is 5.55. The Bertz CT molecular complexity index is 358. The molecule has 0 saturated heterocycles. The van der Waals surface area contributed by atoms with Crippen LogP contribution in [0.15, 0.2) is 9.97 Å². The van der Waals surface area contributed by atoms with Crippen molar-refractivity contribution < 1.29 is 4.74 Å². The van der Waals surface area contributed by atoms with Crippen LogP contribution in [-0.4, -0.2) is 17.1 Å². The van der Waals surface area contributed by atoms with Crippen LogP contribution in [0.4, 0.5) is 11.5 Å². The molecule has 0 atom stereocenters. The summed E-state index contributed by atoms with van der Waals surface area (Å²) in [6, 6.07) is -0.0510. The third-order valence-electron chi connectivity index (χ3n) is 1.18. The van der Waals surface area contributed by atoms with Gasteiger partial charge in [-0.15, -0.1) is 4.91 Å². The average molecular weight is 170 g/mol. The molecule has 0 radical (unpaired) electrons. The summed E-state index contributed by atoms with van der Waals surface area (Å²) in [7, 11) is 1.31. The number of hydrogen-bond donors (Lipinski definition) is 2. The van der Waals surface area contributed by atoms with Crippen LogP contribution in [-0.2, 0) is 0 Å². The van der Waals surface area contributed by atoms with Crippen molar-refractivity contribution in [3.8, 4) is 6.01 Å². The smallest absolute Gasteiger partial charge is 0.298 e. The van der Waals surface area contributed by atoms with Gasteiger partial charge >= 0.3 is 0 Å². The second kappa shape index (κ2) is 2.99. The molecule has 0 amide bonds. The lowest BCUT2D eigenvalue weighted by Crippen LogP contribution is -2.11. The Labute approximate surface area is 66.5 Å². The zero-order valence-corrected chi connectivity index (χ0v) is 6.20. The van der Waals surface area contributed by atoms with Gasteiger partial charge in [-0.05, 0) is 5.18 Å². The Kier molecular flexibility index (Phi) is 2.04. The number of nitrogens with two attached hydrogens (primary N) is 1. The molecule has 0 aliphatic heterocycles. The molecular weight excluding hydrogens is 164 g/mol. The number of methoxy groups -OCH3 is 1. The van der Waals surface area contributed by atoms with Gasteiger partial charge in [0.25, 0.3) is 11.6 Å². The van der Waals surface area contributed by atoms with Crippen LogP contribution in [0.25, 0.3) is 0 Å². The summed E-state index contributed by atoms with van der Waals surface area (Å²) in [6.07, 6.45) is 0. The van der Waals surface area contributed by atoms with Crippen LogP contribution < -0.4 is 16.0 Å². The zero-order valence-electron chi connectivity index (χ0n) is 6.20. The molecule has 0 spiro atoms. The molecule has 1 aromatic rings. The molecule has 12 heavy (non-hydrogen) atoms. The number of aromatic amines is 1. The molecule has 0 saturated carbocycles. The highest BCUT2D eigenvalue weighted by Gasteiger charge is 2.08. The van der Waals surface area contributed by atoms with Crippen molar-refractivity contribution in [2.24, 2.45) is 5.18 Å². The van der Waals surface area contributed by atoms with E-state index in [-0.39, 0.29) is 11.8 Å². The Hall–Kier alpha value is -1.92. The Balaban J connectivity index is 3.38. The minimum Gasteiger partial charge on any atom is -0.468 e. The predicted octanol–water partition coefficient (Wildman–Crippen LogP) is -0.241. The molecular formula is C5H6N4O3. The molecule has 0 aliphatic carbocycles. The van der Waals surface area contributed by atoms with Crippen LogP contribution in [0.2, 0.25) is 0 Å². The normalized spacial score (nSPS) is 9.42. The molecule has 1 aromatic heterocycles. The molecule has 7 heteroatoms. The molecule has 0 unspecified atom stereocenters. The summed E-state index contributed by atoms with van der Waals surface area (Å²) >= 11 is 0.